The number of hydrogen-bond acceptors (Lipinski definition) is 3. The number of halogens is 2. The lowest BCUT2D eigenvalue weighted by Gasteiger charge is -2.07. The van der Waals surface area contributed by atoms with E-state index in [2.05, 4.69) is 4.72 Å². The number of hydrogen-bond donors (Lipinski definition) is 2. The minimum Gasteiger partial charge on any atom is -0.477 e. The molecule has 0 saturated carbocycles. The Morgan fingerprint density at radius 2 is 1.90 bits per heavy atom. The quantitative estimate of drug-likeness (QED) is 0.888. The maximum Gasteiger partial charge on any atom is 0.352 e. The van der Waals surface area contributed by atoms with Gasteiger partial charge in [-0.3, -0.25) is 4.72 Å². The summed E-state index contributed by atoms with van der Waals surface area (Å²) in [7, 11) is -2.47. The monoisotopic (exact) mass is 348 g/mol. The van der Waals surface area contributed by atoms with Crippen LogP contribution in [0.3, 0.4) is 0 Å². The number of aryl methyl sites for hydroxylation is 1. The van der Waals surface area contributed by atoms with Crippen LogP contribution in [0.25, 0.3) is 0 Å². The highest BCUT2D eigenvalue weighted by Crippen LogP contribution is 2.26. The molecule has 21 heavy (non-hydrogen) atoms. The Kier molecular flexibility index (Phi) is 4.18. The number of carboxylic acid groups (broad SMARTS) is 1. The molecule has 0 unspecified atom stereocenters. The second-order valence-corrected chi connectivity index (χ2v) is 6.71. The Hall–Kier alpha value is -1.70. The van der Waals surface area contributed by atoms with Gasteiger partial charge in [0.05, 0.1) is 15.7 Å². The van der Waals surface area contributed by atoms with Gasteiger partial charge >= 0.3 is 5.97 Å². The average Bonchev–Trinajstić information content (AvgIpc) is 2.77. The summed E-state index contributed by atoms with van der Waals surface area (Å²) in [5.41, 5.74) is 0.0923. The van der Waals surface area contributed by atoms with Crippen molar-refractivity contribution in [2.24, 2.45) is 7.05 Å². The van der Waals surface area contributed by atoms with Crippen molar-refractivity contribution < 1.29 is 18.3 Å². The summed E-state index contributed by atoms with van der Waals surface area (Å²) in [6.07, 6.45) is 1.21. The van der Waals surface area contributed by atoms with E-state index in [9.17, 15) is 13.2 Å². The zero-order chi connectivity index (χ0) is 15.8. The Labute approximate surface area is 131 Å². The van der Waals surface area contributed by atoms with Crippen molar-refractivity contribution in [2.45, 2.75) is 4.90 Å². The Bertz CT molecular complexity index is 815. The molecule has 1 aromatic carbocycles. The molecule has 0 bridgehead atoms. The van der Waals surface area contributed by atoms with Crippen LogP contribution in [0.15, 0.2) is 35.4 Å². The summed E-state index contributed by atoms with van der Waals surface area (Å²) in [6, 6.07) is 5.34. The van der Waals surface area contributed by atoms with Gasteiger partial charge in [-0.25, -0.2) is 13.2 Å². The lowest BCUT2D eigenvalue weighted by atomic mass is 10.3. The van der Waals surface area contributed by atoms with E-state index in [0.29, 0.717) is 5.02 Å². The molecule has 0 saturated heterocycles. The Morgan fingerprint density at radius 1 is 1.24 bits per heavy atom. The molecular weight excluding hydrogens is 339 g/mol. The Morgan fingerprint density at radius 3 is 2.43 bits per heavy atom. The van der Waals surface area contributed by atoms with E-state index < -0.39 is 16.0 Å². The molecule has 112 valence electrons. The van der Waals surface area contributed by atoms with E-state index in [1.807, 2.05) is 0 Å². The maximum absolute atomic E-state index is 12.2. The van der Waals surface area contributed by atoms with E-state index in [0.717, 1.165) is 6.07 Å². The molecular formula is C12H10Cl2N2O4S. The average molecular weight is 349 g/mol. The maximum atomic E-state index is 12.2. The van der Waals surface area contributed by atoms with E-state index >= 15 is 0 Å². The topological polar surface area (TPSA) is 88.4 Å². The fourth-order valence-corrected chi connectivity index (χ4v) is 3.08. The van der Waals surface area contributed by atoms with Crippen molar-refractivity contribution in [1.29, 1.82) is 0 Å². The normalized spacial score (nSPS) is 11.4. The van der Waals surface area contributed by atoms with E-state index in [1.54, 1.807) is 0 Å². The molecule has 0 spiro atoms. The van der Waals surface area contributed by atoms with Gasteiger partial charge in [0.2, 0.25) is 0 Å². The van der Waals surface area contributed by atoms with E-state index in [4.69, 9.17) is 28.3 Å². The highest BCUT2D eigenvalue weighted by atomic mass is 35.5. The zero-order valence-electron chi connectivity index (χ0n) is 10.7. The van der Waals surface area contributed by atoms with Gasteiger partial charge in [-0.2, -0.15) is 0 Å². The Balaban J connectivity index is 2.36. The number of rotatable bonds is 4. The van der Waals surface area contributed by atoms with Crippen LogP contribution in [0.4, 0.5) is 5.69 Å². The summed E-state index contributed by atoms with van der Waals surface area (Å²) in [5.74, 6) is -1.21. The van der Waals surface area contributed by atoms with Gasteiger partial charge in [0, 0.05) is 13.2 Å². The van der Waals surface area contributed by atoms with Gasteiger partial charge in [0.25, 0.3) is 10.0 Å². The van der Waals surface area contributed by atoms with Crippen molar-refractivity contribution in [3.05, 3.63) is 46.2 Å². The fraction of sp³-hybridized carbons (Fsp3) is 0.0833. The van der Waals surface area contributed by atoms with E-state index in [1.165, 1.54) is 36.0 Å². The number of aromatic carboxylic acids is 1. The third kappa shape index (κ3) is 3.31. The molecule has 0 aliphatic heterocycles. The minimum atomic E-state index is -3.91. The van der Waals surface area contributed by atoms with Crippen molar-refractivity contribution in [3.63, 3.8) is 0 Å². The highest BCUT2D eigenvalue weighted by Gasteiger charge is 2.20. The number of carbonyl (C=O) groups is 1. The van der Waals surface area contributed by atoms with Crippen LogP contribution in [-0.2, 0) is 17.1 Å². The summed E-state index contributed by atoms with van der Waals surface area (Å²) in [5, 5.41) is 9.44. The zero-order valence-corrected chi connectivity index (χ0v) is 13.0. The van der Waals surface area contributed by atoms with Crippen LogP contribution in [0.1, 0.15) is 10.5 Å². The molecule has 0 radical (unpaired) electrons. The molecule has 2 aromatic rings. The standard InChI is InChI=1S/C12H10Cl2N2O4S/c1-16-6-8(5-11(16)12(17)18)21(19,20)15-7-2-3-9(13)10(14)4-7/h2-6,15H,1H3,(H,17,18). The van der Waals surface area contributed by atoms with Gasteiger partial charge in [-0.05, 0) is 24.3 Å². The summed E-state index contributed by atoms with van der Waals surface area (Å²) < 4.78 is 27.9. The molecule has 0 amide bonds. The van der Waals surface area contributed by atoms with Crippen molar-refractivity contribution in [2.75, 3.05) is 4.72 Å². The van der Waals surface area contributed by atoms with Crippen LogP contribution in [0.5, 0.6) is 0 Å². The first kappa shape index (κ1) is 15.7. The minimum absolute atomic E-state index is 0.135. The second-order valence-electron chi connectivity index (χ2n) is 4.21. The van der Waals surface area contributed by atoms with Gasteiger partial charge in [0.15, 0.2) is 0 Å². The van der Waals surface area contributed by atoms with Crippen molar-refractivity contribution in [3.8, 4) is 0 Å². The number of carboxylic acids is 1. The molecule has 6 nitrogen and oxygen atoms in total. The molecule has 0 aliphatic rings. The van der Waals surface area contributed by atoms with Crippen molar-refractivity contribution >= 4 is 44.9 Å². The molecule has 0 aliphatic carbocycles. The molecule has 2 N–H and O–H groups in total. The number of nitrogens with zero attached hydrogens (tertiary/aromatic N) is 1. The van der Waals surface area contributed by atoms with Gasteiger partial charge in [-0.1, -0.05) is 23.2 Å². The van der Waals surface area contributed by atoms with Crippen molar-refractivity contribution in [1.82, 2.24) is 4.57 Å². The first-order chi connectivity index (χ1) is 9.70. The van der Waals surface area contributed by atoms with Gasteiger partial charge in [0.1, 0.15) is 10.6 Å². The van der Waals surface area contributed by atoms with E-state index in [-0.39, 0.29) is 21.3 Å². The van der Waals surface area contributed by atoms with Crippen LogP contribution >= 0.6 is 23.2 Å². The number of benzene rings is 1. The first-order valence-electron chi connectivity index (χ1n) is 5.58. The number of anilines is 1. The third-order valence-electron chi connectivity index (χ3n) is 2.68. The predicted molar refractivity (Wildman–Crippen MR) is 79.6 cm³/mol. The second kappa shape index (κ2) is 5.59. The predicted octanol–water partition coefficient (Wildman–Crippen LogP) is 2.83. The molecule has 1 aromatic heterocycles. The summed E-state index contributed by atoms with van der Waals surface area (Å²) in [4.78, 5) is 10.8. The lowest BCUT2D eigenvalue weighted by molar-refractivity contribution is 0.0686. The number of nitrogens with one attached hydrogen (secondary N) is 1. The highest BCUT2D eigenvalue weighted by molar-refractivity contribution is 7.92. The molecule has 9 heteroatoms. The van der Waals surface area contributed by atoms with Crippen LogP contribution in [-0.4, -0.2) is 24.1 Å². The number of sulfonamides is 1. The third-order valence-corrected chi connectivity index (χ3v) is 4.77. The van der Waals surface area contributed by atoms with Gasteiger partial charge in [-0.15, -0.1) is 0 Å². The molecule has 2 rings (SSSR count). The summed E-state index contributed by atoms with van der Waals surface area (Å²) >= 11 is 11.6. The van der Waals surface area contributed by atoms with Crippen LogP contribution in [0, 0.1) is 0 Å². The fourth-order valence-electron chi connectivity index (χ4n) is 1.67. The largest absolute Gasteiger partial charge is 0.477 e. The molecule has 1 heterocycles. The first-order valence-corrected chi connectivity index (χ1v) is 7.82. The molecule has 0 atom stereocenters. The van der Waals surface area contributed by atoms with Gasteiger partial charge < -0.3 is 9.67 Å². The smallest absolute Gasteiger partial charge is 0.352 e. The summed E-state index contributed by atoms with van der Waals surface area (Å²) in [6.45, 7) is 0. The SMILES string of the molecule is Cn1cc(S(=O)(=O)Nc2ccc(Cl)c(Cl)c2)cc1C(=O)O. The lowest BCUT2D eigenvalue weighted by Crippen LogP contribution is -2.12. The molecule has 0 fully saturated rings. The van der Waals surface area contributed by atoms with Crippen LogP contribution < -0.4 is 4.72 Å². The number of aromatic nitrogens is 1. The van der Waals surface area contributed by atoms with Crippen LogP contribution in [0.2, 0.25) is 10.0 Å².